The molecule has 0 fully saturated rings. The van der Waals surface area contributed by atoms with Crippen LogP contribution in [0.25, 0.3) is 0 Å². The van der Waals surface area contributed by atoms with Crippen LogP contribution in [0.4, 0.5) is 4.79 Å². The maximum atomic E-state index is 13.6. The Labute approximate surface area is 211 Å². The zero-order valence-electron chi connectivity index (χ0n) is 20.3. The number of alkyl carbamates (subject to hydrolysis) is 1. The summed E-state index contributed by atoms with van der Waals surface area (Å²) in [6, 6.07) is 27.9. The molecule has 0 aliphatic heterocycles. The van der Waals surface area contributed by atoms with Gasteiger partial charge in [-0.2, -0.15) is 0 Å². The molecular weight excluding hydrogens is 477 g/mol. The molecule has 3 aromatic carbocycles. The fourth-order valence-electron chi connectivity index (χ4n) is 3.95. The van der Waals surface area contributed by atoms with E-state index in [0.29, 0.717) is 6.42 Å². The second-order valence-corrected chi connectivity index (χ2v) is 11.1. The van der Waals surface area contributed by atoms with E-state index in [1.165, 1.54) is 7.11 Å². The Morgan fingerprint density at radius 3 is 1.94 bits per heavy atom. The molecule has 7 nitrogen and oxygen atoms in total. The third kappa shape index (κ3) is 8.67. The van der Waals surface area contributed by atoms with Crippen molar-refractivity contribution in [3.63, 3.8) is 0 Å². The van der Waals surface area contributed by atoms with Crippen molar-refractivity contribution in [2.24, 2.45) is 5.92 Å². The fourth-order valence-corrected chi connectivity index (χ4v) is 5.96. The normalized spacial score (nSPS) is 14.2. The lowest BCUT2D eigenvalue weighted by Gasteiger charge is -2.27. The molecule has 0 saturated carbocycles. The average molecular weight is 510 g/mol. The van der Waals surface area contributed by atoms with Gasteiger partial charge in [-0.05, 0) is 36.0 Å². The van der Waals surface area contributed by atoms with E-state index in [1.54, 1.807) is 0 Å². The lowest BCUT2D eigenvalue weighted by Crippen LogP contribution is -2.37. The number of methoxy groups -OCH3 is 1. The van der Waals surface area contributed by atoms with Crippen LogP contribution < -0.4 is 5.32 Å². The zero-order valence-corrected chi connectivity index (χ0v) is 21.2. The SMILES string of the molecule is COC(=O)C(Cc1ccccc1)CP(=O)(O)C(CCc1ccccc1)NC(=O)OCc1ccccc1. The summed E-state index contributed by atoms with van der Waals surface area (Å²) in [6.45, 7) is 0.0343. The minimum atomic E-state index is -4.06. The molecule has 0 aromatic heterocycles. The molecular formula is C28H32NO6P. The van der Waals surface area contributed by atoms with Gasteiger partial charge in [0.15, 0.2) is 0 Å². The van der Waals surface area contributed by atoms with Crippen LogP contribution in [0.15, 0.2) is 91.0 Å². The predicted molar refractivity (Wildman–Crippen MR) is 139 cm³/mol. The quantitative estimate of drug-likeness (QED) is 0.258. The Hall–Kier alpha value is -3.41. The van der Waals surface area contributed by atoms with Crippen molar-refractivity contribution < 1.29 is 28.5 Å². The summed E-state index contributed by atoms with van der Waals surface area (Å²) < 4.78 is 23.9. The minimum Gasteiger partial charge on any atom is -0.469 e. The first kappa shape index (κ1) is 27.2. The van der Waals surface area contributed by atoms with Gasteiger partial charge in [-0.3, -0.25) is 9.36 Å². The Kier molecular flexibility index (Phi) is 10.3. The Bertz CT molecular complexity index is 1140. The summed E-state index contributed by atoms with van der Waals surface area (Å²) in [5.74, 6) is -2.50. The van der Waals surface area contributed by atoms with E-state index in [1.807, 2.05) is 91.0 Å². The van der Waals surface area contributed by atoms with Gasteiger partial charge < -0.3 is 19.7 Å². The van der Waals surface area contributed by atoms with Crippen LogP contribution in [0.3, 0.4) is 0 Å². The van der Waals surface area contributed by atoms with Crippen molar-refractivity contribution in [1.29, 1.82) is 0 Å². The van der Waals surface area contributed by atoms with Gasteiger partial charge in [-0.15, -0.1) is 0 Å². The van der Waals surface area contributed by atoms with E-state index in [0.717, 1.165) is 16.7 Å². The lowest BCUT2D eigenvalue weighted by molar-refractivity contribution is -0.144. The first-order chi connectivity index (χ1) is 17.4. The number of esters is 1. The summed E-state index contributed by atoms with van der Waals surface area (Å²) in [7, 11) is -2.80. The second-order valence-electron chi connectivity index (χ2n) is 8.59. The van der Waals surface area contributed by atoms with E-state index in [4.69, 9.17) is 9.47 Å². The number of rotatable bonds is 12. The zero-order chi connectivity index (χ0) is 25.8. The summed E-state index contributed by atoms with van der Waals surface area (Å²) in [5.41, 5.74) is 2.62. The molecule has 0 spiro atoms. The van der Waals surface area contributed by atoms with Crippen molar-refractivity contribution in [1.82, 2.24) is 5.32 Å². The Balaban J connectivity index is 1.74. The number of hydrogen-bond donors (Lipinski definition) is 2. The number of carbonyl (C=O) groups excluding carboxylic acids is 2. The van der Waals surface area contributed by atoms with Gasteiger partial charge in [0, 0.05) is 6.16 Å². The third-order valence-electron chi connectivity index (χ3n) is 5.87. The van der Waals surface area contributed by atoms with E-state index in [9.17, 15) is 19.0 Å². The van der Waals surface area contributed by atoms with Crippen LogP contribution >= 0.6 is 7.37 Å². The summed E-state index contributed by atoms with van der Waals surface area (Å²) in [6.07, 6.45) is -0.188. The maximum absolute atomic E-state index is 13.6. The van der Waals surface area contributed by atoms with Gasteiger partial charge in [0.05, 0.1) is 13.0 Å². The molecule has 0 aliphatic rings. The van der Waals surface area contributed by atoms with Crippen molar-refractivity contribution in [3.8, 4) is 0 Å². The predicted octanol–water partition coefficient (Wildman–Crippen LogP) is 5.17. The average Bonchev–Trinajstić information content (AvgIpc) is 2.90. The van der Waals surface area contributed by atoms with Crippen LogP contribution in [0, 0.1) is 5.92 Å². The molecule has 0 heterocycles. The minimum absolute atomic E-state index is 0.0343. The largest absolute Gasteiger partial charge is 0.469 e. The molecule has 190 valence electrons. The standard InChI is InChI=1S/C28H32NO6P/c1-34-27(30)25(19-23-13-7-3-8-14-23)21-36(32,33)26(18-17-22-11-5-2-6-12-22)29-28(31)35-20-24-15-9-4-10-16-24/h2-16,25-26H,17-21H2,1H3,(H,29,31)(H,32,33). The molecule has 8 heteroatoms. The monoisotopic (exact) mass is 509 g/mol. The second kappa shape index (κ2) is 13.6. The number of carbonyl (C=O) groups is 2. The molecule has 0 aliphatic carbocycles. The number of hydrogen-bond acceptors (Lipinski definition) is 5. The number of nitrogens with one attached hydrogen (secondary N) is 1. The van der Waals surface area contributed by atoms with Crippen LogP contribution in [0.2, 0.25) is 0 Å². The van der Waals surface area contributed by atoms with Crippen LogP contribution in [0.5, 0.6) is 0 Å². The Morgan fingerprint density at radius 2 is 1.39 bits per heavy atom. The van der Waals surface area contributed by atoms with Crippen LogP contribution in [-0.4, -0.2) is 36.0 Å². The van der Waals surface area contributed by atoms with Gasteiger partial charge in [-0.25, -0.2) is 4.79 Å². The van der Waals surface area contributed by atoms with Crippen LogP contribution in [-0.2, 0) is 38.3 Å². The van der Waals surface area contributed by atoms with Crippen molar-refractivity contribution >= 4 is 19.4 Å². The molecule has 3 atom stereocenters. The smallest absolute Gasteiger partial charge is 0.408 e. The van der Waals surface area contributed by atoms with E-state index in [-0.39, 0.29) is 25.6 Å². The highest BCUT2D eigenvalue weighted by Crippen LogP contribution is 2.49. The van der Waals surface area contributed by atoms with Gasteiger partial charge in [-0.1, -0.05) is 91.0 Å². The number of aryl methyl sites for hydroxylation is 1. The first-order valence-electron chi connectivity index (χ1n) is 11.8. The highest BCUT2D eigenvalue weighted by atomic mass is 31.2. The highest BCUT2D eigenvalue weighted by molar-refractivity contribution is 7.58. The summed E-state index contributed by atoms with van der Waals surface area (Å²) >= 11 is 0. The molecule has 3 aromatic rings. The van der Waals surface area contributed by atoms with Crippen molar-refractivity contribution in [2.75, 3.05) is 13.3 Å². The Morgan fingerprint density at radius 1 is 0.861 bits per heavy atom. The number of benzene rings is 3. The molecule has 0 radical (unpaired) electrons. The third-order valence-corrected chi connectivity index (χ3v) is 8.20. The summed E-state index contributed by atoms with van der Waals surface area (Å²) in [4.78, 5) is 36.3. The molecule has 3 unspecified atom stereocenters. The lowest BCUT2D eigenvalue weighted by atomic mass is 10.0. The molecule has 2 N–H and O–H groups in total. The molecule has 0 bridgehead atoms. The fraction of sp³-hybridized carbons (Fsp3) is 0.286. The molecule has 36 heavy (non-hydrogen) atoms. The summed E-state index contributed by atoms with van der Waals surface area (Å²) in [5, 5.41) is 2.60. The molecule has 1 amide bonds. The van der Waals surface area contributed by atoms with Crippen molar-refractivity contribution in [2.45, 2.75) is 31.7 Å². The highest BCUT2D eigenvalue weighted by Gasteiger charge is 2.37. The topological polar surface area (TPSA) is 102 Å². The maximum Gasteiger partial charge on any atom is 0.408 e. The number of amides is 1. The number of ether oxygens (including phenoxy) is 2. The van der Waals surface area contributed by atoms with E-state index < -0.39 is 31.1 Å². The van der Waals surface area contributed by atoms with Crippen LogP contribution in [0.1, 0.15) is 23.1 Å². The van der Waals surface area contributed by atoms with Crippen molar-refractivity contribution in [3.05, 3.63) is 108 Å². The molecule has 3 rings (SSSR count). The van der Waals surface area contributed by atoms with Gasteiger partial charge >= 0.3 is 12.1 Å². The van der Waals surface area contributed by atoms with Gasteiger partial charge in [0.2, 0.25) is 7.37 Å². The van der Waals surface area contributed by atoms with E-state index in [2.05, 4.69) is 5.32 Å². The van der Waals surface area contributed by atoms with E-state index >= 15 is 0 Å². The first-order valence-corrected chi connectivity index (χ1v) is 13.7. The van der Waals surface area contributed by atoms with Gasteiger partial charge in [0.25, 0.3) is 0 Å². The van der Waals surface area contributed by atoms with Gasteiger partial charge in [0.1, 0.15) is 12.4 Å². The molecule has 0 saturated heterocycles.